The molecule has 1 aromatic heterocycles. The van der Waals surface area contributed by atoms with Crippen molar-refractivity contribution in [1.29, 1.82) is 0 Å². The fraction of sp³-hybridized carbons (Fsp3) is 0.143. The maximum Gasteiger partial charge on any atom is 0.417 e. The number of rotatable bonds is 3. The number of benzene rings is 1. The summed E-state index contributed by atoms with van der Waals surface area (Å²) in [5, 5.41) is 0. The van der Waals surface area contributed by atoms with Crippen LogP contribution >= 0.6 is 15.9 Å². The number of halogens is 4. The van der Waals surface area contributed by atoms with E-state index < -0.39 is 17.5 Å². The summed E-state index contributed by atoms with van der Waals surface area (Å²) in [6.45, 7) is 0. The maximum atomic E-state index is 13.0. The maximum absolute atomic E-state index is 13.0. The minimum absolute atomic E-state index is 0.136. The van der Waals surface area contributed by atoms with Crippen molar-refractivity contribution in [1.82, 2.24) is 4.98 Å². The van der Waals surface area contributed by atoms with E-state index >= 15 is 0 Å². The summed E-state index contributed by atoms with van der Waals surface area (Å²) in [5.41, 5.74) is 4.65. The lowest BCUT2D eigenvalue weighted by Crippen LogP contribution is -2.15. The van der Waals surface area contributed by atoms with Crippen molar-refractivity contribution in [2.24, 2.45) is 0 Å². The first kappa shape index (κ1) is 15.5. The second kappa shape index (κ2) is 5.85. The van der Waals surface area contributed by atoms with Crippen molar-refractivity contribution in [2.75, 3.05) is 5.73 Å². The van der Waals surface area contributed by atoms with Gasteiger partial charge in [0.05, 0.1) is 5.56 Å². The predicted molar refractivity (Wildman–Crippen MR) is 75.8 cm³/mol. The Balaban J connectivity index is 2.38. The Labute approximate surface area is 127 Å². The van der Waals surface area contributed by atoms with Crippen LogP contribution in [0.4, 0.5) is 19.0 Å². The topological polar surface area (TPSA) is 56.0 Å². The first-order valence-corrected chi connectivity index (χ1v) is 6.67. The third kappa shape index (κ3) is 3.60. The third-order valence-electron chi connectivity index (χ3n) is 2.86. The Morgan fingerprint density at radius 1 is 1.29 bits per heavy atom. The van der Waals surface area contributed by atoms with Crippen LogP contribution in [0.15, 0.2) is 41.0 Å². The molecule has 3 nitrogen and oxygen atoms in total. The van der Waals surface area contributed by atoms with E-state index in [2.05, 4.69) is 20.9 Å². The number of hydrogen-bond acceptors (Lipinski definition) is 3. The molecule has 7 heteroatoms. The molecule has 0 saturated carbocycles. The monoisotopic (exact) mass is 358 g/mol. The number of nitrogen functional groups attached to an aromatic ring is 1. The number of aromatic nitrogens is 1. The number of nitrogens with two attached hydrogens (primary N) is 1. The molecule has 1 heterocycles. The molecule has 0 aliphatic carbocycles. The van der Waals surface area contributed by atoms with Crippen molar-refractivity contribution in [3.05, 3.63) is 57.7 Å². The number of ketones is 1. The zero-order chi connectivity index (χ0) is 15.6. The summed E-state index contributed by atoms with van der Waals surface area (Å²) < 4.78 is 39.2. The lowest BCUT2D eigenvalue weighted by molar-refractivity contribution is -0.138. The van der Waals surface area contributed by atoms with Crippen molar-refractivity contribution in [3.8, 4) is 0 Å². The van der Waals surface area contributed by atoms with Crippen LogP contribution < -0.4 is 5.73 Å². The second-order valence-electron chi connectivity index (χ2n) is 4.34. The van der Waals surface area contributed by atoms with E-state index in [0.717, 1.165) is 12.1 Å². The van der Waals surface area contributed by atoms with E-state index in [4.69, 9.17) is 5.73 Å². The Hall–Kier alpha value is -1.89. The molecule has 0 atom stereocenters. The van der Waals surface area contributed by atoms with E-state index in [1.54, 1.807) is 12.1 Å². The average Bonchev–Trinajstić information content (AvgIpc) is 2.40. The van der Waals surface area contributed by atoms with Gasteiger partial charge in [0.25, 0.3) is 0 Å². The zero-order valence-corrected chi connectivity index (χ0v) is 12.2. The molecule has 110 valence electrons. The number of carbonyl (C=O) groups excluding carboxylic acids is 1. The van der Waals surface area contributed by atoms with Gasteiger partial charge in [0.15, 0.2) is 5.78 Å². The molecule has 2 aromatic rings. The molecule has 0 fully saturated rings. The zero-order valence-electron chi connectivity index (χ0n) is 10.6. The number of pyridine rings is 1. The highest BCUT2D eigenvalue weighted by molar-refractivity contribution is 9.10. The number of nitrogens with zero attached hydrogens (tertiary/aromatic N) is 1. The molecule has 0 radical (unpaired) electrons. The molecule has 0 unspecified atom stereocenters. The number of anilines is 1. The van der Waals surface area contributed by atoms with E-state index in [1.165, 1.54) is 12.3 Å². The van der Waals surface area contributed by atoms with Gasteiger partial charge in [0.2, 0.25) is 0 Å². The molecular formula is C14H10BrF3N2O. The van der Waals surface area contributed by atoms with Gasteiger partial charge in [-0.15, -0.1) is 0 Å². The van der Waals surface area contributed by atoms with Crippen molar-refractivity contribution >= 4 is 27.5 Å². The van der Waals surface area contributed by atoms with Gasteiger partial charge >= 0.3 is 6.18 Å². The van der Waals surface area contributed by atoms with Gasteiger partial charge in [-0.1, -0.05) is 22.0 Å². The number of Topliss-reactive ketones (excluding diaryl/α,β-unsaturated/α-hetero) is 1. The Bertz CT molecular complexity index is 686. The first-order chi connectivity index (χ1) is 9.79. The van der Waals surface area contributed by atoms with Gasteiger partial charge in [-0.05, 0) is 24.3 Å². The van der Waals surface area contributed by atoms with Crippen LogP contribution in [0.1, 0.15) is 21.5 Å². The Morgan fingerprint density at radius 2 is 2.00 bits per heavy atom. The Kier molecular flexibility index (Phi) is 4.32. The van der Waals surface area contributed by atoms with Gasteiger partial charge in [-0.25, -0.2) is 4.98 Å². The van der Waals surface area contributed by atoms with Gasteiger partial charge in [-0.2, -0.15) is 13.2 Å². The highest BCUT2D eigenvalue weighted by Gasteiger charge is 2.35. The van der Waals surface area contributed by atoms with Crippen LogP contribution in [0.5, 0.6) is 0 Å². The van der Waals surface area contributed by atoms with Crippen LogP contribution in [0.2, 0.25) is 0 Å². The van der Waals surface area contributed by atoms with Crippen molar-refractivity contribution in [3.63, 3.8) is 0 Å². The van der Waals surface area contributed by atoms with Crippen LogP contribution in [-0.4, -0.2) is 10.8 Å². The van der Waals surface area contributed by atoms with Gasteiger partial charge in [0.1, 0.15) is 5.82 Å². The van der Waals surface area contributed by atoms with Crippen LogP contribution in [0.3, 0.4) is 0 Å². The second-order valence-corrected chi connectivity index (χ2v) is 5.25. The van der Waals surface area contributed by atoms with E-state index in [9.17, 15) is 18.0 Å². The highest BCUT2D eigenvalue weighted by atomic mass is 79.9. The molecule has 0 aliphatic heterocycles. The molecule has 1 aromatic carbocycles. The van der Waals surface area contributed by atoms with Crippen LogP contribution in [0, 0.1) is 0 Å². The molecule has 2 N–H and O–H groups in total. The number of hydrogen-bond donors (Lipinski definition) is 1. The fourth-order valence-corrected chi connectivity index (χ4v) is 2.22. The minimum atomic E-state index is -4.60. The third-order valence-corrected chi connectivity index (χ3v) is 3.36. The SMILES string of the molecule is Nc1ncccc1CC(=O)c1ccc(Br)cc1C(F)(F)F. The smallest absolute Gasteiger partial charge is 0.383 e. The summed E-state index contributed by atoms with van der Waals surface area (Å²) in [6.07, 6.45) is -3.39. The van der Waals surface area contributed by atoms with E-state index in [1.807, 2.05) is 0 Å². The van der Waals surface area contributed by atoms with Crippen LogP contribution in [0.25, 0.3) is 0 Å². The fourth-order valence-electron chi connectivity index (χ4n) is 1.86. The van der Waals surface area contributed by atoms with Gasteiger partial charge < -0.3 is 5.73 Å². The standard InChI is InChI=1S/C14H10BrF3N2O/c15-9-3-4-10(11(7-9)14(16,17)18)12(21)6-8-2-1-5-20-13(8)19/h1-5,7H,6H2,(H2,19,20). The van der Waals surface area contributed by atoms with Gasteiger partial charge in [0, 0.05) is 28.2 Å². The molecule has 0 amide bonds. The molecule has 0 bridgehead atoms. The predicted octanol–water partition coefficient (Wildman–Crippen LogP) is 3.87. The van der Waals surface area contributed by atoms with E-state index in [-0.39, 0.29) is 22.3 Å². The number of alkyl halides is 3. The first-order valence-electron chi connectivity index (χ1n) is 5.88. The molecule has 0 saturated heterocycles. The summed E-state index contributed by atoms with van der Waals surface area (Å²) in [7, 11) is 0. The minimum Gasteiger partial charge on any atom is -0.383 e. The highest BCUT2D eigenvalue weighted by Crippen LogP contribution is 2.34. The Morgan fingerprint density at radius 3 is 2.62 bits per heavy atom. The molecule has 0 aliphatic rings. The molecule has 21 heavy (non-hydrogen) atoms. The molecule has 0 spiro atoms. The van der Waals surface area contributed by atoms with Crippen molar-refractivity contribution in [2.45, 2.75) is 12.6 Å². The van der Waals surface area contributed by atoms with E-state index in [0.29, 0.717) is 5.56 Å². The summed E-state index contributed by atoms with van der Waals surface area (Å²) in [5.74, 6) is -0.522. The quantitative estimate of drug-likeness (QED) is 0.847. The lowest BCUT2D eigenvalue weighted by Gasteiger charge is -2.13. The normalized spacial score (nSPS) is 11.4. The lowest BCUT2D eigenvalue weighted by atomic mass is 9.98. The van der Waals surface area contributed by atoms with Crippen LogP contribution in [-0.2, 0) is 12.6 Å². The van der Waals surface area contributed by atoms with Crippen molar-refractivity contribution < 1.29 is 18.0 Å². The molecule has 2 rings (SSSR count). The summed E-state index contributed by atoms with van der Waals surface area (Å²) >= 11 is 2.98. The summed E-state index contributed by atoms with van der Waals surface area (Å²) in [6, 6.07) is 6.58. The largest absolute Gasteiger partial charge is 0.417 e. The number of carbonyl (C=O) groups is 1. The summed E-state index contributed by atoms with van der Waals surface area (Å²) in [4.78, 5) is 16.0. The molecular weight excluding hydrogens is 349 g/mol. The average molecular weight is 359 g/mol. The van der Waals surface area contributed by atoms with Gasteiger partial charge in [-0.3, -0.25) is 4.79 Å².